The van der Waals surface area contributed by atoms with Crippen molar-refractivity contribution < 1.29 is 13.2 Å². The lowest BCUT2D eigenvalue weighted by Gasteiger charge is -2.29. The SMILES string of the molecule is Cc1nn(CC(=O)Nc2ccc(C#N)cc2)c(C)c1S(=O)(=O)N1CCC(C)CC1. The van der Waals surface area contributed by atoms with Crippen LogP contribution in [0.3, 0.4) is 0 Å². The number of carbonyl (C=O) groups is 1. The van der Waals surface area contributed by atoms with Crippen molar-refractivity contribution in [2.75, 3.05) is 18.4 Å². The summed E-state index contributed by atoms with van der Waals surface area (Å²) in [6, 6.07) is 8.54. The van der Waals surface area contributed by atoms with Crippen LogP contribution in [0, 0.1) is 31.1 Å². The summed E-state index contributed by atoms with van der Waals surface area (Å²) < 4.78 is 29.2. The summed E-state index contributed by atoms with van der Waals surface area (Å²) in [5, 5.41) is 15.9. The molecule has 1 aromatic heterocycles. The lowest BCUT2D eigenvalue weighted by Crippen LogP contribution is -2.38. The number of aromatic nitrogens is 2. The molecule has 1 aromatic carbocycles. The Hall–Kier alpha value is -2.70. The molecule has 29 heavy (non-hydrogen) atoms. The number of amides is 1. The molecule has 0 aliphatic carbocycles. The van der Waals surface area contributed by atoms with E-state index in [1.807, 2.05) is 6.07 Å². The van der Waals surface area contributed by atoms with Gasteiger partial charge in [-0.1, -0.05) is 6.92 Å². The predicted octanol–water partition coefficient (Wildman–Crippen LogP) is 2.43. The Morgan fingerprint density at radius 3 is 2.45 bits per heavy atom. The number of sulfonamides is 1. The Morgan fingerprint density at radius 1 is 1.24 bits per heavy atom. The Morgan fingerprint density at radius 2 is 1.86 bits per heavy atom. The number of carbonyl (C=O) groups excluding carboxylic acids is 1. The number of nitrogens with zero attached hydrogens (tertiary/aromatic N) is 4. The van der Waals surface area contributed by atoms with Crippen LogP contribution >= 0.6 is 0 Å². The Bertz CT molecular complexity index is 1040. The first-order valence-electron chi connectivity index (χ1n) is 9.56. The van der Waals surface area contributed by atoms with E-state index in [9.17, 15) is 13.2 Å². The van der Waals surface area contributed by atoms with Gasteiger partial charge in [-0.15, -0.1) is 0 Å². The van der Waals surface area contributed by atoms with Gasteiger partial charge < -0.3 is 5.32 Å². The topological polar surface area (TPSA) is 108 Å². The second-order valence-corrected chi connectivity index (χ2v) is 9.36. The molecule has 1 N–H and O–H groups in total. The van der Waals surface area contributed by atoms with E-state index in [1.54, 1.807) is 38.1 Å². The molecule has 3 rings (SSSR count). The van der Waals surface area contributed by atoms with Crippen molar-refractivity contribution in [2.45, 2.75) is 45.1 Å². The zero-order chi connectivity index (χ0) is 21.2. The van der Waals surface area contributed by atoms with E-state index in [0.717, 1.165) is 12.8 Å². The molecule has 8 nitrogen and oxygen atoms in total. The summed E-state index contributed by atoms with van der Waals surface area (Å²) in [7, 11) is -3.64. The highest BCUT2D eigenvalue weighted by molar-refractivity contribution is 7.89. The fraction of sp³-hybridized carbons (Fsp3) is 0.450. The summed E-state index contributed by atoms with van der Waals surface area (Å²) in [6.45, 7) is 6.37. The number of piperidine rings is 1. The number of hydrogen-bond acceptors (Lipinski definition) is 5. The average Bonchev–Trinajstić information content (AvgIpc) is 2.96. The molecular formula is C20H25N5O3S. The van der Waals surface area contributed by atoms with Crippen LogP contribution in [0.5, 0.6) is 0 Å². The number of rotatable bonds is 5. The Kier molecular flexibility index (Phi) is 6.05. The molecule has 1 aliphatic rings. The van der Waals surface area contributed by atoms with Gasteiger partial charge in [-0.25, -0.2) is 8.42 Å². The van der Waals surface area contributed by atoms with Gasteiger partial charge in [-0.3, -0.25) is 9.48 Å². The van der Waals surface area contributed by atoms with Gasteiger partial charge in [-0.2, -0.15) is 14.7 Å². The molecule has 2 heterocycles. The molecule has 154 valence electrons. The number of aryl methyl sites for hydroxylation is 1. The number of nitriles is 1. The van der Waals surface area contributed by atoms with Crippen molar-refractivity contribution in [3.05, 3.63) is 41.2 Å². The van der Waals surface area contributed by atoms with Crippen molar-refractivity contribution in [1.29, 1.82) is 5.26 Å². The van der Waals surface area contributed by atoms with Gasteiger partial charge in [0.15, 0.2) is 0 Å². The van der Waals surface area contributed by atoms with E-state index in [0.29, 0.717) is 41.6 Å². The van der Waals surface area contributed by atoms with Gasteiger partial charge in [0, 0.05) is 18.8 Å². The van der Waals surface area contributed by atoms with Crippen LogP contribution in [0.4, 0.5) is 5.69 Å². The lowest BCUT2D eigenvalue weighted by atomic mass is 10.0. The van der Waals surface area contributed by atoms with E-state index in [2.05, 4.69) is 17.3 Å². The van der Waals surface area contributed by atoms with Gasteiger partial charge in [0.2, 0.25) is 15.9 Å². The minimum absolute atomic E-state index is 0.0980. The molecule has 0 atom stereocenters. The molecule has 0 spiro atoms. The van der Waals surface area contributed by atoms with Crippen LogP contribution in [-0.2, 0) is 21.4 Å². The molecule has 1 fully saturated rings. The van der Waals surface area contributed by atoms with Crippen LogP contribution in [-0.4, -0.2) is 41.5 Å². The largest absolute Gasteiger partial charge is 0.324 e. The third kappa shape index (κ3) is 4.49. The van der Waals surface area contributed by atoms with Crippen molar-refractivity contribution in [1.82, 2.24) is 14.1 Å². The summed E-state index contributed by atoms with van der Waals surface area (Å²) in [5.41, 5.74) is 1.91. The molecule has 2 aromatic rings. The van der Waals surface area contributed by atoms with Gasteiger partial charge in [0.1, 0.15) is 11.4 Å². The molecule has 0 unspecified atom stereocenters. The Balaban J connectivity index is 1.76. The zero-order valence-electron chi connectivity index (χ0n) is 16.8. The lowest BCUT2D eigenvalue weighted by molar-refractivity contribution is -0.116. The average molecular weight is 416 g/mol. The van der Waals surface area contributed by atoms with Crippen LogP contribution in [0.1, 0.15) is 36.7 Å². The predicted molar refractivity (Wildman–Crippen MR) is 109 cm³/mol. The normalized spacial score (nSPS) is 15.8. The molecule has 1 saturated heterocycles. The van der Waals surface area contributed by atoms with Crippen molar-refractivity contribution in [3.8, 4) is 6.07 Å². The van der Waals surface area contributed by atoms with Gasteiger partial charge >= 0.3 is 0 Å². The molecule has 1 amide bonds. The molecule has 9 heteroatoms. The minimum atomic E-state index is -3.64. The standard InChI is InChI=1S/C20H25N5O3S/c1-14-8-10-24(11-9-14)29(27,28)20-15(2)23-25(16(20)3)13-19(26)22-18-6-4-17(12-21)5-7-18/h4-7,14H,8-11,13H2,1-3H3,(H,22,26). The third-order valence-electron chi connectivity index (χ3n) is 5.25. The highest BCUT2D eigenvalue weighted by Gasteiger charge is 2.33. The first-order chi connectivity index (χ1) is 13.7. The van der Waals surface area contributed by atoms with Gasteiger partial charge in [-0.05, 0) is 56.9 Å². The fourth-order valence-corrected chi connectivity index (χ4v) is 5.37. The maximum atomic E-state index is 13.1. The van der Waals surface area contributed by atoms with Crippen LogP contribution in [0.25, 0.3) is 0 Å². The quantitative estimate of drug-likeness (QED) is 0.807. The van der Waals surface area contributed by atoms with Crippen molar-refractivity contribution >= 4 is 21.6 Å². The molecular weight excluding hydrogens is 390 g/mol. The number of hydrogen-bond donors (Lipinski definition) is 1. The number of nitrogens with one attached hydrogen (secondary N) is 1. The molecule has 0 saturated carbocycles. The highest BCUT2D eigenvalue weighted by atomic mass is 32.2. The minimum Gasteiger partial charge on any atom is -0.324 e. The van der Waals surface area contributed by atoms with Crippen LogP contribution < -0.4 is 5.32 Å². The summed E-state index contributed by atoms with van der Waals surface area (Å²) in [6.07, 6.45) is 1.69. The van der Waals surface area contributed by atoms with Gasteiger partial charge in [0.05, 0.1) is 23.0 Å². The Labute approximate surface area is 171 Å². The molecule has 0 bridgehead atoms. The monoisotopic (exact) mass is 415 g/mol. The van der Waals surface area contributed by atoms with E-state index >= 15 is 0 Å². The molecule has 0 radical (unpaired) electrons. The second kappa shape index (κ2) is 8.35. The van der Waals surface area contributed by atoms with E-state index < -0.39 is 10.0 Å². The van der Waals surface area contributed by atoms with E-state index in [-0.39, 0.29) is 17.3 Å². The van der Waals surface area contributed by atoms with E-state index in [1.165, 1.54) is 8.99 Å². The first kappa shape index (κ1) is 21.0. The zero-order valence-corrected chi connectivity index (χ0v) is 17.7. The number of anilines is 1. The maximum Gasteiger partial charge on any atom is 0.246 e. The van der Waals surface area contributed by atoms with Crippen LogP contribution in [0.15, 0.2) is 29.2 Å². The number of benzene rings is 1. The maximum absolute atomic E-state index is 13.1. The summed E-state index contributed by atoms with van der Waals surface area (Å²) in [5.74, 6) is 0.202. The smallest absolute Gasteiger partial charge is 0.246 e. The van der Waals surface area contributed by atoms with Crippen molar-refractivity contribution in [3.63, 3.8) is 0 Å². The summed E-state index contributed by atoms with van der Waals surface area (Å²) >= 11 is 0. The van der Waals surface area contributed by atoms with Gasteiger partial charge in [0.25, 0.3) is 0 Å². The fourth-order valence-electron chi connectivity index (χ4n) is 3.53. The summed E-state index contributed by atoms with van der Waals surface area (Å²) in [4.78, 5) is 12.6. The highest BCUT2D eigenvalue weighted by Crippen LogP contribution is 2.27. The third-order valence-corrected chi connectivity index (χ3v) is 7.40. The second-order valence-electron chi connectivity index (χ2n) is 7.48. The molecule has 1 aliphatic heterocycles. The van der Waals surface area contributed by atoms with Crippen LogP contribution in [0.2, 0.25) is 0 Å². The van der Waals surface area contributed by atoms with E-state index in [4.69, 9.17) is 5.26 Å². The van der Waals surface area contributed by atoms with Crippen molar-refractivity contribution in [2.24, 2.45) is 5.92 Å². The first-order valence-corrected chi connectivity index (χ1v) is 11.0.